The van der Waals surface area contributed by atoms with Gasteiger partial charge in [-0.25, -0.2) is 4.79 Å². The minimum atomic E-state index is -0.309. The monoisotopic (exact) mass is 269 g/mol. The van der Waals surface area contributed by atoms with E-state index in [1.165, 1.54) is 5.56 Å². The first kappa shape index (κ1) is 14.3. The molecule has 1 heterocycles. The maximum Gasteiger partial charge on any atom is 0.339 e. The lowest BCUT2D eigenvalue weighted by atomic mass is 10.0. The first-order valence-corrected chi connectivity index (χ1v) is 6.75. The van der Waals surface area contributed by atoms with Gasteiger partial charge in [0.1, 0.15) is 0 Å². The quantitative estimate of drug-likeness (QED) is 0.794. The van der Waals surface area contributed by atoms with E-state index in [-0.39, 0.29) is 5.97 Å². The van der Waals surface area contributed by atoms with Crippen LogP contribution in [0.25, 0.3) is 11.3 Å². The molecule has 0 aliphatic heterocycles. The Morgan fingerprint density at radius 1 is 1.15 bits per heavy atom. The van der Waals surface area contributed by atoms with E-state index in [9.17, 15) is 4.79 Å². The van der Waals surface area contributed by atoms with Gasteiger partial charge in [0, 0.05) is 5.56 Å². The number of rotatable bonds is 3. The number of hydrogen-bond acceptors (Lipinski definition) is 3. The Morgan fingerprint density at radius 3 is 2.40 bits per heavy atom. The molecule has 0 amide bonds. The van der Waals surface area contributed by atoms with Gasteiger partial charge in [0.05, 0.1) is 23.6 Å². The van der Waals surface area contributed by atoms with Crippen LogP contribution in [0.5, 0.6) is 0 Å². The summed E-state index contributed by atoms with van der Waals surface area (Å²) in [5.41, 5.74) is 5.40. The molecule has 1 aromatic heterocycles. The molecule has 0 saturated heterocycles. The van der Waals surface area contributed by atoms with E-state index in [0.717, 1.165) is 16.8 Å². The number of carbonyl (C=O) groups is 1. The molecule has 0 fully saturated rings. The lowest BCUT2D eigenvalue weighted by molar-refractivity contribution is 0.0525. The third kappa shape index (κ3) is 2.87. The van der Waals surface area contributed by atoms with Crippen molar-refractivity contribution in [3.8, 4) is 11.3 Å². The maximum absolute atomic E-state index is 11.8. The van der Waals surface area contributed by atoms with Crippen LogP contribution in [0.1, 0.15) is 34.1 Å². The molecule has 20 heavy (non-hydrogen) atoms. The standard InChI is InChI=1S/C17H19NO2/c1-5-20-17(19)15-10-12(3)16(18-13(15)4)14-8-6-11(2)7-9-14/h6-10H,5H2,1-4H3. The molecule has 0 aliphatic rings. The summed E-state index contributed by atoms with van der Waals surface area (Å²) >= 11 is 0. The lowest BCUT2D eigenvalue weighted by Gasteiger charge is -2.11. The summed E-state index contributed by atoms with van der Waals surface area (Å²) < 4.78 is 5.05. The highest BCUT2D eigenvalue weighted by Crippen LogP contribution is 2.24. The van der Waals surface area contributed by atoms with E-state index >= 15 is 0 Å². The lowest BCUT2D eigenvalue weighted by Crippen LogP contribution is -2.09. The third-order valence-corrected chi connectivity index (χ3v) is 3.22. The maximum atomic E-state index is 11.8. The minimum Gasteiger partial charge on any atom is -0.462 e. The normalized spacial score (nSPS) is 10.4. The SMILES string of the molecule is CCOC(=O)c1cc(C)c(-c2ccc(C)cc2)nc1C. The van der Waals surface area contributed by atoms with Gasteiger partial charge in [0.2, 0.25) is 0 Å². The van der Waals surface area contributed by atoms with Gasteiger partial charge in [0.15, 0.2) is 0 Å². The number of nitrogens with zero attached hydrogens (tertiary/aromatic N) is 1. The van der Waals surface area contributed by atoms with Gasteiger partial charge < -0.3 is 4.74 Å². The fourth-order valence-electron chi connectivity index (χ4n) is 2.12. The summed E-state index contributed by atoms with van der Waals surface area (Å²) in [5.74, 6) is -0.309. The first-order valence-electron chi connectivity index (χ1n) is 6.75. The summed E-state index contributed by atoms with van der Waals surface area (Å²) in [5, 5.41) is 0. The molecule has 3 nitrogen and oxygen atoms in total. The smallest absolute Gasteiger partial charge is 0.339 e. The van der Waals surface area contributed by atoms with Crippen molar-refractivity contribution in [1.82, 2.24) is 4.98 Å². The van der Waals surface area contributed by atoms with E-state index in [0.29, 0.717) is 17.9 Å². The molecule has 0 saturated carbocycles. The summed E-state index contributed by atoms with van der Waals surface area (Å²) in [6.45, 7) is 8.03. The van der Waals surface area contributed by atoms with Crippen LogP contribution >= 0.6 is 0 Å². The van der Waals surface area contributed by atoms with E-state index < -0.39 is 0 Å². The summed E-state index contributed by atoms with van der Waals surface area (Å²) in [6, 6.07) is 10.1. The molecular formula is C17H19NO2. The van der Waals surface area contributed by atoms with Gasteiger partial charge in [-0.2, -0.15) is 0 Å². The van der Waals surface area contributed by atoms with Gasteiger partial charge in [-0.1, -0.05) is 29.8 Å². The number of carbonyl (C=O) groups excluding carboxylic acids is 1. The molecule has 2 aromatic rings. The highest BCUT2D eigenvalue weighted by Gasteiger charge is 2.14. The van der Waals surface area contributed by atoms with Crippen LogP contribution in [0.4, 0.5) is 0 Å². The average molecular weight is 269 g/mol. The zero-order valence-electron chi connectivity index (χ0n) is 12.4. The van der Waals surface area contributed by atoms with E-state index in [2.05, 4.69) is 24.0 Å². The Bertz CT molecular complexity index is 630. The first-order chi connectivity index (χ1) is 9.52. The summed E-state index contributed by atoms with van der Waals surface area (Å²) in [6.07, 6.45) is 0. The average Bonchev–Trinajstić information content (AvgIpc) is 2.42. The Hall–Kier alpha value is -2.16. The topological polar surface area (TPSA) is 39.2 Å². The van der Waals surface area contributed by atoms with Crippen molar-refractivity contribution in [2.45, 2.75) is 27.7 Å². The van der Waals surface area contributed by atoms with Crippen molar-refractivity contribution < 1.29 is 9.53 Å². The van der Waals surface area contributed by atoms with Gasteiger partial charge in [-0.15, -0.1) is 0 Å². The highest BCUT2D eigenvalue weighted by molar-refractivity contribution is 5.91. The Balaban J connectivity index is 2.45. The molecule has 1 aromatic carbocycles. The molecule has 0 unspecified atom stereocenters. The second-order valence-corrected chi connectivity index (χ2v) is 4.87. The summed E-state index contributed by atoms with van der Waals surface area (Å²) in [4.78, 5) is 16.4. The fraction of sp³-hybridized carbons (Fsp3) is 0.294. The molecule has 104 valence electrons. The van der Waals surface area contributed by atoms with Gasteiger partial charge in [0.25, 0.3) is 0 Å². The highest BCUT2D eigenvalue weighted by atomic mass is 16.5. The molecule has 0 radical (unpaired) electrons. The molecule has 0 N–H and O–H groups in total. The van der Waals surface area contributed by atoms with Crippen molar-refractivity contribution in [3.05, 3.63) is 52.7 Å². The number of esters is 1. The van der Waals surface area contributed by atoms with Crippen LogP contribution in [0.15, 0.2) is 30.3 Å². The largest absolute Gasteiger partial charge is 0.462 e. The van der Waals surface area contributed by atoms with E-state index in [4.69, 9.17) is 4.74 Å². The molecule has 0 aliphatic carbocycles. The number of aryl methyl sites for hydroxylation is 3. The number of hydrogen-bond donors (Lipinski definition) is 0. The molecule has 2 rings (SSSR count). The fourth-order valence-corrected chi connectivity index (χ4v) is 2.12. The van der Waals surface area contributed by atoms with Gasteiger partial charge >= 0.3 is 5.97 Å². The van der Waals surface area contributed by atoms with Crippen molar-refractivity contribution in [1.29, 1.82) is 0 Å². The van der Waals surface area contributed by atoms with Gasteiger partial charge in [-0.05, 0) is 39.3 Å². The Morgan fingerprint density at radius 2 is 1.80 bits per heavy atom. The van der Waals surface area contributed by atoms with Gasteiger partial charge in [-0.3, -0.25) is 4.98 Å². The third-order valence-electron chi connectivity index (χ3n) is 3.22. The van der Waals surface area contributed by atoms with Crippen LogP contribution < -0.4 is 0 Å². The van der Waals surface area contributed by atoms with Crippen molar-refractivity contribution in [2.75, 3.05) is 6.61 Å². The predicted octanol–water partition coefficient (Wildman–Crippen LogP) is 3.85. The second kappa shape index (κ2) is 5.87. The molecule has 3 heteroatoms. The Labute approximate surface area is 119 Å². The minimum absolute atomic E-state index is 0.309. The summed E-state index contributed by atoms with van der Waals surface area (Å²) in [7, 11) is 0. The second-order valence-electron chi connectivity index (χ2n) is 4.87. The van der Waals surface area contributed by atoms with Crippen molar-refractivity contribution >= 4 is 5.97 Å². The van der Waals surface area contributed by atoms with Crippen molar-refractivity contribution in [2.24, 2.45) is 0 Å². The van der Waals surface area contributed by atoms with E-state index in [1.807, 2.05) is 32.0 Å². The van der Waals surface area contributed by atoms with Crippen molar-refractivity contribution in [3.63, 3.8) is 0 Å². The zero-order valence-corrected chi connectivity index (χ0v) is 12.4. The van der Waals surface area contributed by atoms with Crippen LogP contribution in [-0.2, 0) is 4.74 Å². The zero-order chi connectivity index (χ0) is 14.7. The van der Waals surface area contributed by atoms with Crippen LogP contribution in [-0.4, -0.2) is 17.6 Å². The molecule has 0 atom stereocenters. The van der Waals surface area contributed by atoms with E-state index in [1.54, 1.807) is 6.92 Å². The number of benzene rings is 1. The number of ether oxygens (including phenoxy) is 1. The predicted molar refractivity (Wildman–Crippen MR) is 79.8 cm³/mol. The molecule has 0 bridgehead atoms. The van der Waals surface area contributed by atoms with Crippen LogP contribution in [0, 0.1) is 20.8 Å². The molecular weight excluding hydrogens is 250 g/mol. The Kier molecular flexibility index (Phi) is 4.18. The number of aromatic nitrogens is 1. The van der Waals surface area contributed by atoms with Crippen LogP contribution in [0.3, 0.4) is 0 Å². The number of pyridine rings is 1. The van der Waals surface area contributed by atoms with Crippen LogP contribution in [0.2, 0.25) is 0 Å². The molecule has 0 spiro atoms.